The van der Waals surface area contributed by atoms with Gasteiger partial charge in [-0.25, -0.2) is 4.79 Å². The van der Waals surface area contributed by atoms with Gasteiger partial charge in [0.15, 0.2) is 6.04 Å². The van der Waals surface area contributed by atoms with E-state index in [0.717, 1.165) is 25.7 Å². The molecule has 1 aliphatic carbocycles. The third-order valence-electron chi connectivity index (χ3n) is 3.27. The molecule has 1 aliphatic rings. The SMILES string of the molecule is CCOC(=O)C(N)C(=O)NC1CCCCCCC1. The molecule has 104 valence electrons. The lowest BCUT2D eigenvalue weighted by Gasteiger charge is -2.22. The molecular formula is C13H24N2O3. The summed E-state index contributed by atoms with van der Waals surface area (Å²) in [4.78, 5) is 23.1. The van der Waals surface area contributed by atoms with E-state index in [9.17, 15) is 9.59 Å². The predicted octanol–water partition coefficient (Wildman–Crippen LogP) is 1.11. The first kappa shape index (κ1) is 15.0. The Kier molecular flexibility index (Phi) is 6.72. The van der Waals surface area contributed by atoms with Gasteiger partial charge in [-0.15, -0.1) is 0 Å². The number of carbonyl (C=O) groups is 2. The van der Waals surface area contributed by atoms with Crippen molar-refractivity contribution in [3.63, 3.8) is 0 Å². The van der Waals surface area contributed by atoms with E-state index in [4.69, 9.17) is 10.5 Å². The Morgan fingerprint density at radius 1 is 1.22 bits per heavy atom. The molecule has 1 fully saturated rings. The molecule has 0 heterocycles. The summed E-state index contributed by atoms with van der Waals surface area (Å²) >= 11 is 0. The summed E-state index contributed by atoms with van der Waals surface area (Å²) in [5.74, 6) is -1.07. The third kappa shape index (κ3) is 5.04. The van der Waals surface area contributed by atoms with Crippen molar-refractivity contribution in [2.75, 3.05) is 6.61 Å². The lowest BCUT2D eigenvalue weighted by atomic mass is 9.96. The maximum atomic E-state index is 11.8. The molecule has 3 N–H and O–H groups in total. The fourth-order valence-electron chi connectivity index (χ4n) is 2.23. The minimum Gasteiger partial charge on any atom is -0.464 e. The van der Waals surface area contributed by atoms with Crippen molar-refractivity contribution in [3.05, 3.63) is 0 Å². The Bertz CT molecular complexity index is 273. The van der Waals surface area contributed by atoms with E-state index in [-0.39, 0.29) is 12.6 Å². The highest BCUT2D eigenvalue weighted by Crippen LogP contribution is 2.17. The Labute approximate surface area is 108 Å². The van der Waals surface area contributed by atoms with Crippen LogP contribution < -0.4 is 11.1 Å². The topological polar surface area (TPSA) is 81.4 Å². The third-order valence-corrected chi connectivity index (χ3v) is 3.27. The quantitative estimate of drug-likeness (QED) is 0.583. The van der Waals surface area contributed by atoms with Crippen LogP contribution in [0.3, 0.4) is 0 Å². The second kappa shape index (κ2) is 8.08. The highest BCUT2D eigenvalue weighted by atomic mass is 16.5. The van der Waals surface area contributed by atoms with Crippen molar-refractivity contribution < 1.29 is 14.3 Å². The highest BCUT2D eigenvalue weighted by molar-refractivity contribution is 6.01. The number of hydrogen-bond acceptors (Lipinski definition) is 4. The van der Waals surface area contributed by atoms with Gasteiger partial charge in [0.05, 0.1) is 6.61 Å². The average Bonchev–Trinajstić information content (AvgIpc) is 2.31. The van der Waals surface area contributed by atoms with Gasteiger partial charge in [0.25, 0.3) is 0 Å². The van der Waals surface area contributed by atoms with Crippen LogP contribution in [0.15, 0.2) is 0 Å². The zero-order chi connectivity index (χ0) is 13.4. The Morgan fingerprint density at radius 3 is 2.33 bits per heavy atom. The van der Waals surface area contributed by atoms with Gasteiger partial charge in [0, 0.05) is 6.04 Å². The summed E-state index contributed by atoms with van der Waals surface area (Å²) in [5.41, 5.74) is 5.55. The van der Waals surface area contributed by atoms with Gasteiger partial charge >= 0.3 is 5.97 Å². The van der Waals surface area contributed by atoms with Crippen molar-refractivity contribution in [2.24, 2.45) is 5.73 Å². The Hall–Kier alpha value is -1.10. The zero-order valence-corrected chi connectivity index (χ0v) is 11.1. The smallest absolute Gasteiger partial charge is 0.332 e. The van der Waals surface area contributed by atoms with Crippen LogP contribution in [0.25, 0.3) is 0 Å². The van der Waals surface area contributed by atoms with Gasteiger partial charge in [-0.1, -0.05) is 32.1 Å². The standard InChI is InChI=1S/C13H24N2O3/c1-2-18-13(17)11(14)12(16)15-10-8-6-4-3-5-7-9-10/h10-11H,2-9,14H2,1H3,(H,15,16). The van der Waals surface area contributed by atoms with Crippen LogP contribution in [0.1, 0.15) is 51.9 Å². The molecule has 0 radical (unpaired) electrons. The number of amides is 1. The largest absolute Gasteiger partial charge is 0.464 e. The molecule has 0 saturated heterocycles. The summed E-state index contributed by atoms with van der Waals surface area (Å²) in [5, 5.41) is 2.86. The summed E-state index contributed by atoms with van der Waals surface area (Å²) in [7, 11) is 0. The molecule has 0 spiro atoms. The molecule has 0 aromatic carbocycles. The van der Waals surface area contributed by atoms with Crippen LogP contribution >= 0.6 is 0 Å². The van der Waals surface area contributed by atoms with E-state index < -0.39 is 17.9 Å². The minimum absolute atomic E-state index is 0.151. The molecule has 18 heavy (non-hydrogen) atoms. The number of esters is 1. The van der Waals surface area contributed by atoms with Gasteiger partial charge in [-0.3, -0.25) is 4.79 Å². The zero-order valence-electron chi connectivity index (χ0n) is 11.1. The fraction of sp³-hybridized carbons (Fsp3) is 0.846. The van der Waals surface area contributed by atoms with Gasteiger partial charge in [-0.2, -0.15) is 0 Å². The summed E-state index contributed by atoms with van der Waals surface area (Å²) in [6, 6.07) is -1.05. The lowest BCUT2D eigenvalue weighted by molar-refractivity contribution is -0.148. The van der Waals surface area contributed by atoms with Gasteiger partial charge in [-0.05, 0) is 19.8 Å². The molecule has 5 heteroatoms. The highest BCUT2D eigenvalue weighted by Gasteiger charge is 2.25. The van der Waals surface area contributed by atoms with Crippen molar-refractivity contribution in [2.45, 2.75) is 64.0 Å². The van der Waals surface area contributed by atoms with Crippen LogP contribution in [-0.2, 0) is 14.3 Å². The first-order valence-corrected chi connectivity index (χ1v) is 6.87. The molecule has 0 aromatic rings. The van der Waals surface area contributed by atoms with Crippen LogP contribution in [-0.4, -0.2) is 30.6 Å². The number of rotatable bonds is 4. The van der Waals surface area contributed by atoms with Crippen molar-refractivity contribution >= 4 is 11.9 Å². The average molecular weight is 256 g/mol. The number of carbonyl (C=O) groups excluding carboxylic acids is 2. The summed E-state index contributed by atoms with van der Waals surface area (Å²) in [6.45, 7) is 1.93. The number of ether oxygens (including phenoxy) is 1. The molecule has 1 saturated carbocycles. The van der Waals surface area contributed by atoms with E-state index in [1.165, 1.54) is 19.3 Å². The van der Waals surface area contributed by atoms with Crippen LogP contribution in [0.5, 0.6) is 0 Å². The van der Waals surface area contributed by atoms with E-state index in [1.807, 2.05) is 0 Å². The molecule has 5 nitrogen and oxygen atoms in total. The summed E-state index contributed by atoms with van der Waals surface area (Å²) < 4.78 is 4.73. The maximum absolute atomic E-state index is 11.8. The van der Waals surface area contributed by atoms with Crippen LogP contribution in [0.2, 0.25) is 0 Å². The second-order valence-corrected chi connectivity index (χ2v) is 4.78. The predicted molar refractivity (Wildman–Crippen MR) is 68.9 cm³/mol. The normalized spacial score (nSPS) is 19.4. The van der Waals surface area contributed by atoms with E-state index in [0.29, 0.717) is 0 Å². The van der Waals surface area contributed by atoms with E-state index >= 15 is 0 Å². The number of hydrogen-bond donors (Lipinski definition) is 2. The Balaban J connectivity index is 2.39. The fourth-order valence-corrected chi connectivity index (χ4v) is 2.23. The van der Waals surface area contributed by atoms with Gasteiger partial charge < -0.3 is 15.8 Å². The van der Waals surface area contributed by atoms with Crippen molar-refractivity contribution in [1.29, 1.82) is 0 Å². The van der Waals surface area contributed by atoms with Crippen LogP contribution in [0.4, 0.5) is 0 Å². The Morgan fingerprint density at radius 2 is 1.78 bits per heavy atom. The van der Waals surface area contributed by atoms with E-state index in [2.05, 4.69) is 5.32 Å². The maximum Gasteiger partial charge on any atom is 0.332 e. The summed E-state index contributed by atoms with van der Waals surface area (Å²) in [6.07, 6.45) is 7.91. The molecule has 0 aliphatic heterocycles. The van der Waals surface area contributed by atoms with Gasteiger partial charge in [0.2, 0.25) is 5.91 Å². The van der Waals surface area contributed by atoms with E-state index in [1.54, 1.807) is 6.92 Å². The minimum atomic E-state index is -1.20. The first-order chi connectivity index (χ1) is 8.65. The monoisotopic (exact) mass is 256 g/mol. The molecule has 1 amide bonds. The molecule has 0 aromatic heterocycles. The van der Waals surface area contributed by atoms with Crippen LogP contribution in [0, 0.1) is 0 Å². The number of nitrogens with two attached hydrogens (primary N) is 1. The molecule has 0 bridgehead atoms. The van der Waals surface area contributed by atoms with Gasteiger partial charge in [0.1, 0.15) is 0 Å². The molecular weight excluding hydrogens is 232 g/mol. The lowest BCUT2D eigenvalue weighted by Crippen LogP contribution is -2.50. The first-order valence-electron chi connectivity index (χ1n) is 6.87. The molecule has 1 unspecified atom stereocenters. The number of nitrogens with one attached hydrogen (secondary N) is 1. The van der Waals surface area contributed by atoms with Crippen molar-refractivity contribution in [3.8, 4) is 0 Å². The molecule has 1 atom stereocenters. The molecule has 1 rings (SSSR count). The van der Waals surface area contributed by atoms with Crippen molar-refractivity contribution in [1.82, 2.24) is 5.32 Å². The second-order valence-electron chi connectivity index (χ2n) is 4.78.